The molecule has 0 amide bonds. The molecule has 0 radical (unpaired) electrons. The third-order valence-electron chi connectivity index (χ3n) is 3.24. The van der Waals surface area contributed by atoms with Gasteiger partial charge >= 0.3 is 0 Å². The minimum Gasteiger partial charge on any atom is -0.398 e. The van der Waals surface area contributed by atoms with Crippen LogP contribution in [-0.4, -0.2) is 25.7 Å². The summed E-state index contributed by atoms with van der Waals surface area (Å²) in [7, 11) is -3.66. The second-order valence-corrected chi connectivity index (χ2v) is 6.30. The number of hydrogen-bond donors (Lipinski definition) is 3. The molecule has 2 atom stereocenters. The summed E-state index contributed by atoms with van der Waals surface area (Å²) in [5.74, 6) is 0. The van der Waals surface area contributed by atoms with E-state index in [2.05, 4.69) is 4.72 Å². The van der Waals surface area contributed by atoms with Gasteiger partial charge in [-0.05, 0) is 25.0 Å². The summed E-state index contributed by atoms with van der Waals surface area (Å²) in [6.45, 7) is 0. The van der Waals surface area contributed by atoms with Crippen LogP contribution in [0.15, 0.2) is 29.2 Å². The van der Waals surface area contributed by atoms with E-state index in [1.807, 2.05) is 0 Å². The lowest BCUT2D eigenvalue weighted by Gasteiger charge is -2.28. The molecular weight excluding hydrogens is 252 g/mol. The standard InChI is InChI=1S/C12H18N2O3S/c13-9-5-1-4-8-12(9)18(16,17)14-10-6-2-3-7-11(10)15/h1,4-5,8,10-11,14-15H,2-3,6-7,13H2/t10-,11-/m1/s1. The number of nitrogens with two attached hydrogens (primary N) is 1. The van der Waals surface area contributed by atoms with Gasteiger partial charge in [-0.15, -0.1) is 0 Å². The number of nitrogens with one attached hydrogen (secondary N) is 1. The van der Waals surface area contributed by atoms with Crippen molar-refractivity contribution in [1.29, 1.82) is 0 Å². The molecule has 0 aromatic heterocycles. The normalized spacial score (nSPS) is 24.9. The Balaban J connectivity index is 2.19. The summed E-state index contributed by atoms with van der Waals surface area (Å²) < 4.78 is 26.9. The van der Waals surface area contributed by atoms with E-state index < -0.39 is 22.2 Å². The number of nitrogen functional groups attached to an aromatic ring is 1. The Labute approximate surface area is 107 Å². The number of rotatable bonds is 3. The molecule has 0 spiro atoms. The van der Waals surface area contributed by atoms with E-state index in [0.717, 1.165) is 12.8 Å². The number of aliphatic hydroxyl groups excluding tert-OH is 1. The molecule has 0 bridgehead atoms. The van der Waals surface area contributed by atoms with Crippen molar-refractivity contribution in [3.63, 3.8) is 0 Å². The lowest BCUT2D eigenvalue weighted by Crippen LogP contribution is -2.45. The van der Waals surface area contributed by atoms with E-state index in [4.69, 9.17) is 5.73 Å². The minimum atomic E-state index is -3.66. The highest BCUT2D eigenvalue weighted by atomic mass is 32.2. The van der Waals surface area contributed by atoms with Crippen LogP contribution < -0.4 is 10.5 Å². The number of hydrogen-bond acceptors (Lipinski definition) is 4. The van der Waals surface area contributed by atoms with E-state index in [-0.39, 0.29) is 10.6 Å². The molecule has 4 N–H and O–H groups in total. The Hall–Kier alpha value is -1.11. The predicted octanol–water partition coefficient (Wildman–Crippen LogP) is 0.851. The van der Waals surface area contributed by atoms with Crippen LogP contribution in [0.1, 0.15) is 25.7 Å². The van der Waals surface area contributed by atoms with Crippen molar-refractivity contribution in [2.45, 2.75) is 42.7 Å². The van der Waals surface area contributed by atoms with Crippen LogP contribution in [0.3, 0.4) is 0 Å². The zero-order valence-electron chi connectivity index (χ0n) is 10.0. The predicted molar refractivity (Wildman–Crippen MR) is 69.4 cm³/mol. The summed E-state index contributed by atoms with van der Waals surface area (Å²) in [4.78, 5) is 0.0720. The van der Waals surface area contributed by atoms with Crippen LogP contribution in [0.5, 0.6) is 0 Å². The fourth-order valence-electron chi connectivity index (χ4n) is 2.24. The maximum atomic E-state index is 12.2. The summed E-state index contributed by atoms with van der Waals surface area (Å²) in [5.41, 5.74) is 5.88. The lowest BCUT2D eigenvalue weighted by molar-refractivity contribution is 0.101. The third-order valence-corrected chi connectivity index (χ3v) is 4.81. The molecule has 1 aromatic carbocycles. The van der Waals surface area contributed by atoms with Gasteiger partial charge in [-0.2, -0.15) is 0 Å². The second-order valence-electron chi connectivity index (χ2n) is 4.62. The van der Waals surface area contributed by atoms with Gasteiger partial charge in [0.2, 0.25) is 10.0 Å². The molecule has 2 rings (SSSR count). The van der Waals surface area contributed by atoms with Crippen LogP contribution in [0.2, 0.25) is 0 Å². The first-order chi connectivity index (χ1) is 8.50. The number of anilines is 1. The molecule has 1 aromatic rings. The van der Waals surface area contributed by atoms with Gasteiger partial charge in [-0.25, -0.2) is 13.1 Å². The van der Waals surface area contributed by atoms with Gasteiger partial charge in [0.05, 0.1) is 11.8 Å². The molecule has 1 aliphatic rings. The summed E-state index contributed by atoms with van der Waals surface area (Å²) in [5, 5.41) is 9.79. The molecule has 18 heavy (non-hydrogen) atoms. The monoisotopic (exact) mass is 270 g/mol. The van der Waals surface area contributed by atoms with Crippen LogP contribution in [-0.2, 0) is 10.0 Å². The largest absolute Gasteiger partial charge is 0.398 e. The van der Waals surface area contributed by atoms with Gasteiger partial charge in [0.25, 0.3) is 0 Å². The Morgan fingerprint density at radius 3 is 2.56 bits per heavy atom. The van der Waals surface area contributed by atoms with Crippen LogP contribution >= 0.6 is 0 Å². The molecule has 5 nitrogen and oxygen atoms in total. The first-order valence-corrected chi connectivity index (χ1v) is 7.54. The summed E-state index contributed by atoms with van der Waals surface area (Å²) in [6, 6.07) is 5.91. The third kappa shape index (κ3) is 2.82. The lowest BCUT2D eigenvalue weighted by atomic mass is 9.93. The van der Waals surface area contributed by atoms with E-state index in [0.29, 0.717) is 12.8 Å². The molecule has 6 heteroatoms. The highest BCUT2D eigenvalue weighted by molar-refractivity contribution is 7.89. The van der Waals surface area contributed by atoms with Crippen molar-refractivity contribution in [3.05, 3.63) is 24.3 Å². The van der Waals surface area contributed by atoms with E-state index >= 15 is 0 Å². The smallest absolute Gasteiger partial charge is 0.242 e. The first kappa shape index (κ1) is 13.3. The van der Waals surface area contributed by atoms with Gasteiger partial charge < -0.3 is 10.8 Å². The number of para-hydroxylation sites is 1. The molecular formula is C12H18N2O3S. The highest BCUT2D eigenvalue weighted by Crippen LogP contribution is 2.22. The maximum absolute atomic E-state index is 12.2. The summed E-state index contributed by atoms with van der Waals surface area (Å²) in [6.07, 6.45) is 2.55. The SMILES string of the molecule is Nc1ccccc1S(=O)(=O)N[C@@H]1CCCC[C@H]1O. The number of aliphatic hydroxyl groups is 1. The fourth-order valence-corrected chi connectivity index (χ4v) is 3.67. The molecule has 1 saturated carbocycles. The number of sulfonamides is 1. The summed E-state index contributed by atoms with van der Waals surface area (Å²) >= 11 is 0. The zero-order valence-corrected chi connectivity index (χ0v) is 10.9. The Morgan fingerprint density at radius 2 is 1.89 bits per heavy atom. The highest BCUT2D eigenvalue weighted by Gasteiger charge is 2.28. The molecule has 0 heterocycles. The van der Waals surface area contributed by atoms with E-state index in [1.54, 1.807) is 18.2 Å². The van der Waals surface area contributed by atoms with Crippen molar-refractivity contribution in [2.75, 3.05) is 5.73 Å². The molecule has 0 saturated heterocycles. The Morgan fingerprint density at radius 1 is 1.22 bits per heavy atom. The molecule has 1 fully saturated rings. The fraction of sp³-hybridized carbons (Fsp3) is 0.500. The molecule has 0 unspecified atom stereocenters. The van der Waals surface area contributed by atoms with Gasteiger partial charge in [0.15, 0.2) is 0 Å². The molecule has 100 valence electrons. The van der Waals surface area contributed by atoms with Crippen LogP contribution in [0.4, 0.5) is 5.69 Å². The van der Waals surface area contributed by atoms with Gasteiger partial charge in [0.1, 0.15) is 4.90 Å². The van der Waals surface area contributed by atoms with Crippen LogP contribution in [0, 0.1) is 0 Å². The van der Waals surface area contributed by atoms with E-state index in [9.17, 15) is 13.5 Å². The zero-order chi connectivity index (χ0) is 13.2. The quantitative estimate of drug-likeness (QED) is 0.710. The van der Waals surface area contributed by atoms with Crippen molar-refractivity contribution < 1.29 is 13.5 Å². The first-order valence-electron chi connectivity index (χ1n) is 6.05. The van der Waals surface area contributed by atoms with Gasteiger partial charge in [0, 0.05) is 6.04 Å². The average molecular weight is 270 g/mol. The maximum Gasteiger partial charge on any atom is 0.242 e. The van der Waals surface area contributed by atoms with Crippen molar-refractivity contribution in [1.82, 2.24) is 4.72 Å². The van der Waals surface area contributed by atoms with Gasteiger partial charge in [-0.1, -0.05) is 25.0 Å². The Kier molecular flexibility index (Phi) is 3.89. The Bertz CT molecular complexity index is 516. The van der Waals surface area contributed by atoms with Gasteiger partial charge in [-0.3, -0.25) is 0 Å². The van der Waals surface area contributed by atoms with Crippen molar-refractivity contribution in [2.24, 2.45) is 0 Å². The number of benzene rings is 1. The van der Waals surface area contributed by atoms with Crippen molar-refractivity contribution in [3.8, 4) is 0 Å². The minimum absolute atomic E-state index is 0.0720. The van der Waals surface area contributed by atoms with E-state index in [1.165, 1.54) is 6.07 Å². The van der Waals surface area contributed by atoms with Crippen LogP contribution in [0.25, 0.3) is 0 Å². The second kappa shape index (κ2) is 5.26. The topological polar surface area (TPSA) is 92.4 Å². The molecule has 1 aliphatic carbocycles. The van der Waals surface area contributed by atoms with Crippen molar-refractivity contribution >= 4 is 15.7 Å². The molecule has 0 aliphatic heterocycles. The average Bonchev–Trinajstić information content (AvgIpc) is 2.32.